The number of hydrogen-bond acceptors (Lipinski definition) is 5. The molecule has 0 aliphatic heterocycles. The predicted octanol–water partition coefficient (Wildman–Crippen LogP) is 1.42. The Balaban J connectivity index is 2.58. The van der Waals surface area contributed by atoms with Crippen molar-refractivity contribution >= 4 is 27.8 Å². The summed E-state index contributed by atoms with van der Waals surface area (Å²) in [6.07, 6.45) is 2.98. The number of benzene rings is 1. The van der Waals surface area contributed by atoms with Crippen LogP contribution in [0.3, 0.4) is 0 Å². The first-order valence-electron chi connectivity index (χ1n) is 5.60. The summed E-state index contributed by atoms with van der Waals surface area (Å²) in [4.78, 5) is 12.8. The minimum atomic E-state index is -3.25. The number of rotatable bonds is 6. The standard InChI is InChI=1S/C12H17NO4S2/c1-9-4-5-10(18-2)8-11(9)12(14)17-7-6-13-19(3,15)16/h4-5,8,13H,6-7H2,1-3H3. The summed E-state index contributed by atoms with van der Waals surface area (Å²) < 4.78 is 28.9. The number of hydrogen-bond donors (Lipinski definition) is 1. The van der Waals surface area contributed by atoms with Crippen LogP contribution in [0.15, 0.2) is 23.1 Å². The second kappa shape index (κ2) is 6.93. The van der Waals surface area contributed by atoms with Crippen LogP contribution in [0.1, 0.15) is 15.9 Å². The van der Waals surface area contributed by atoms with E-state index >= 15 is 0 Å². The van der Waals surface area contributed by atoms with Crippen LogP contribution in [0, 0.1) is 6.92 Å². The summed E-state index contributed by atoms with van der Waals surface area (Å²) in [7, 11) is -3.25. The number of sulfonamides is 1. The van der Waals surface area contributed by atoms with Gasteiger partial charge < -0.3 is 4.74 Å². The van der Waals surface area contributed by atoms with Gasteiger partial charge in [-0.2, -0.15) is 0 Å². The van der Waals surface area contributed by atoms with Gasteiger partial charge in [-0.3, -0.25) is 0 Å². The third-order valence-electron chi connectivity index (χ3n) is 2.36. The van der Waals surface area contributed by atoms with Crippen molar-refractivity contribution in [3.63, 3.8) is 0 Å². The highest BCUT2D eigenvalue weighted by Crippen LogP contribution is 2.19. The molecule has 0 spiro atoms. The number of carbonyl (C=O) groups excluding carboxylic acids is 1. The topological polar surface area (TPSA) is 72.5 Å². The first kappa shape index (κ1) is 16.0. The lowest BCUT2D eigenvalue weighted by Crippen LogP contribution is -2.27. The first-order chi connectivity index (χ1) is 8.83. The molecule has 0 bridgehead atoms. The van der Waals surface area contributed by atoms with Gasteiger partial charge in [-0.15, -0.1) is 11.8 Å². The number of esters is 1. The third kappa shape index (κ3) is 5.63. The summed E-state index contributed by atoms with van der Waals surface area (Å²) in [5.74, 6) is -0.441. The zero-order valence-corrected chi connectivity index (χ0v) is 12.7. The van der Waals surface area contributed by atoms with Crippen LogP contribution in [0.2, 0.25) is 0 Å². The lowest BCUT2D eigenvalue weighted by atomic mass is 10.1. The lowest BCUT2D eigenvalue weighted by molar-refractivity contribution is 0.0512. The second-order valence-electron chi connectivity index (χ2n) is 3.98. The molecular weight excluding hydrogens is 286 g/mol. The van der Waals surface area contributed by atoms with E-state index in [1.165, 1.54) is 0 Å². The molecule has 0 radical (unpaired) electrons. The smallest absolute Gasteiger partial charge is 0.338 e. The Morgan fingerprint density at radius 3 is 2.68 bits per heavy atom. The van der Waals surface area contributed by atoms with Gasteiger partial charge in [0.2, 0.25) is 10.0 Å². The zero-order valence-electron chi connectivity index (χ0n) is 11.1. The molecule has 0 saturated carbocycles. The SMILES string of the molecule is CSc1ccc(C)c(C(=O)OCCNS(C)(=O)=O)c1. The minimum absolute atomic E-state index is 0.00877. The summed E-state index contributed by atoms with van der Waals surface area (Å²) in [5.41, 5.74) is 1.34. The number of carbonyl (C=O) groups is 1. The van der Waals surface area contributed by atoms with E-state index in [0.717, 1.165) is 16.7 Å². The van der Waals surface area contributed by atoms with E-state index in [1.54, 1.807) is 17.8 Å². The van der Waals surface area contributed by atoms with E-state index in [9.17, 15) is 13.2 Å². The minimum Gasteiger partial charge on any atom is -0.461 e. The van der Waals surface area contributed by atoms with Crippen molar-refractivity contribution in [2.24, 2.45) is 0 Å². The van der Waals surface area contributed by atoms with Crippen molar-refractivity contribution in [2.75, 3.05) is 25.7 Å². The molecule has 0 aromatic heterocycles. The van der Waals surface area contributed by atoms with E-state index in [-0.39, 0.29) is 13.2 Å². The van der Waals surface area contributed by atoms with Crippen molar-refractivity contribution in [3.8, 4) is 0 Å². The van der Waals surface area contributed by atoms with E-state index in [0.29, 0.717) is 5.56 Å². The van der Waals surface area contributed by atoms with E-state index < -0.39 is 16.0 Å². The Kier molecular flexibility index (Phi) is 5.84. The van der Waals surface area contributed by atoms with Gasteiger partial charge in [0.05, 0.1) is 11.8 Å². The summed E-state index contributed by atoms with van der Waals surface area (Å²) in [6.45, 7) is 1.91. The quantitative estimate of drug-likeness (QED) is 0.489. The van der Waals surface area contributed by atoms with Crippen LogP contribution in [0.5, 0.6) is 0 Å². The monoisotopic (exact) mass is 303 g/mol. The van der Waals surface area contributed by atoms with E-state index in [2.05, 4.69) is 4.72 Å². The molecule has 1 rings (SSSR count). The molecule has 0 aliphatic carbocycles. The van der Waals surface area contributed by atoms with Crippen molar-refractivity contribution in [1.82, 2.24) is 4.72 Å². The van der Waals surface area contributed by atoms with Crippen LogP contribution in [-0.4, -0.2) is 40.1 Å². The average Bonchev–Trinajstić information content (AvgIpc) is 2.34. The van der Waals surface area contributed by atoms with Gasteiger partial charge in [0.15, 0.2) is 0 Å². The molecule has 0 heterocycles. The van der Waals surface area contributed by atoms with Crippen LogP contribution in [0.25, 0.3) is 0 Å². The van der Waals surface area contributed by atoms with Crippen LogP contribution in [-0.2, 0) is 14.8 Å². The fourth-order valence-corrected chi connectivity index (χ4v) is 2.29. The molecule has 0 atom stereocenters. The largest absolute Gasteiger partial charge is 0.461 e. The fraction of sp³-hybridized carbons (Fsp3) is 0.417. The molecule has 1 N–H and O–H groups in total. The zero-order chi connectivity index (χ0) is 14.5. The summed E-state index contributed by atoms with van der Waals surface area (Å²) in [6, 6.07) is 5.56. The Hall–Kier alpha value is -1.05. The Bertz CT molecular complexity index is 555. The van der Waals surface area contributed by atoms with Crippen molar-refractivity contribution in [1.29, 1.82) is 0 Å². The van der Waals surface area contributed by atoms with Crippen molar-refractivity contribution < 1.29 is 17.9 Å². The highest BCUT2D eigenvalue weighted by molar-refractivity contribution is 7.98. The van der Waals surface area contributed by atoms with E-state index in [4.69, 9.17) is 4.74 Å². The summed E-state index contributed by atoms with van der Waals surface area (Å²) >= 11 is 1.54. The molecule has 0 saturated heterocycles. The lowest BCUT2D eigenvalue weighted by Gasteiger charge is -2.08. The Morgan fingerprint density at radius 1 is 1.42 bits per heavy atom. The Labute approximate surface area is 117 Å². The molecule has 5 nitrogen and oxygen atoms in total. The van der Waals surface area contributed by atoms with Gasteiger partial charge in [0.25, 0.3) is 0 Å². The number of aryl methyl sites for hydroxylation is 1. The average molecular weight is 303 g/mol. The number of nitrogens with one attached hydrogen (secondary N) is 1. The number of ether oxygens (including phenoxy) is 1. The third-order valence-corrected chi connectivity index (χ3v) is 3.82. The van der Waals surface area contributed by atoms with Gasteiger partial charge in [-0.05, 0) is 30.9 Å². The first-order valence-corrected chi connectivity index (χ1v) is 8.71. The van der Waals surface area contributed by atoms with Crippen molar-refractivity contribution in [3.05, 3.63) is 29.3 Å². The Morgan fingerprint density at radius 2 is 2.11 bits per heavy atom. The molecule has 7 heteroatoms. The molecule has 0 amide bonds. The van der Waals surface area contributed by atoms with Gasteiger partial charge in [-0.1, -0.05) is 6.07 Å². The van der Waals surface area contributed by atoms with Crippen LogP contribution in [0.4, 0.5) is 0 Å². The highest BCUT2D eigenvalue weighted by atomic mass is 32.2. The highest BCUT2D eigenvalue weighted by Gasteiger charge is 2.11. The maximum Gasteiger partial charge on any atom is 0.338 e. The normalized spacial score (nSPS) is 11.3. The summed E-state index contributed by atoms with van der Waals surface area (Å²) in [5, 5.41) is 0. The van der Waals surface area contributed by atoms with Gasteiger partial charge in [0.1, 0.15) is 6.61 Å². The maximum absolute atomic E-state index is 11.8. The van der Waals surface area contributed by atoms with Crippen LogP contribution >= 0.6 is 11.8 Å². The molecule has 0 fully saturated rings. The van der Waals surface area contributed by atoms with Crippen molar-refractivity contribution in [2.45, 2.75) is 11.8 Å². The predicted molar refractivity (Wildman–Crippen MR) is 76.1 cm³/mol. The van der Waals surface area contributed by atoms with Gasteiger partial charge in [-0.25, -0.2) is 17.9 Å². The molecule has 19 heavy (non-hydrogen) atoms. The van der Waals surface area contributed by atoms with Gasteiger partial charge in [0, 0.05) is 11.4 Å². The molecule has 106 valence electrons. The van der Waals surface area contributed by atoms with E-state index in [1.807, 2.05) is 25.3 Å². The molecule has 0 unspecified atom stereocenters. The van der Waals surface area contributed by atoms with Crippen LogP contribution < -0.4 is 4.72 Å². The molecule has 1 aromatic rings. The fourth-order valence-electron chi connectivity index (χ4n) is 1.40. The maximum atomic E-state index is 11.8. The molecule has 0 aliphatic rings. The molecular formula is C12H17NO4S2. The number of thioether (sulfide) groups is 1. The molecule has 1 aromatic carbocycles. The van der Waals surface area contributed by atoms with Gasteiger partial charge >= 0.3 is 5.97 Å². The second-order valence-corrected chi connectivity index (χ2v) is 6.70.